The van der Waals surface area contributed by atoms with Gasteiger partial charge in [0.15, 0.2) is 0 Å². The van der Waals surface area contributed by atoms with E-state index in [1.54, 1.807) is 6.20 Å². The van der Waals surface area contributed by atoms with Crippen LogP contribution in [0.25, 0.3) is 10.9 Å². The predicted molar refractivity (Wildman–Crippen MR) is 94.1 cm³/mol. The zero-order valence-electron chi connectivity index (χ0n) is 14.0. The molecule has 0 aliphatic carbocycles. The monoisotopic (exact) mass is 342 g/mol. The zero-order valence-corrected chi connectivity index (χ0v) is 14.0. The number of para-hydroxylation sites is 1. The van der Waals surface area contributed by atoms with Crippen LogP contribution in [-0.2, 0) is 4.79 Å². The molecular weight excluding hydrogens is 320 g/mol. The van der Waals surface area contributed by atoms with Gasteiger partial charge in [0.2, 0.25) is 5.91 Å². The fourth-order valence-corrected chi connectivity index (χ4v) is 3.06. The van der Waals surface area contributed by atoms with Gasteiger partial charge in [-0.2, -0.15) is 0 Å². The lowest BCUT2D eigenvalue weighted by Crippen LogP contribution is -2.47. The number of benzene rings is 1. The van der Waals surface area contributed by atoms with Gasteiger partial charge in [0, 0.05) is 24.7 Å². The molecule has 1 aliphatic rings. The number of ether oxygens (including phenoxy) is 1. The molecule has 1 fully saturated rings. The van der Waals surface area contributed by atoms with Gasteiger partial charge in [0.25, 0.3) is 0 Å². The highest BCUT2D eigenvalue weighted by Gasteiger charge is 2.27. The molecule has 1 aromatic heterocycles. The molecule has 1 saturated heterocycles. The number of pyridine rings is 1. The molecule has 0 spiro atoms. The van der Waals surface area contributed by atoms with Crippen LogP contribution < -0.4 is 15.8 Å². The van der Waals surface area contributed by atoms with Crippen LogP contribution in [0.4, 0.5) is 4.79 Å². The van der Waals surface area contributed by atoms with E-state index in [2.05, 4.69) is 10.3 Å². The van der Waals surface area contributed by atoms with Gasteiger partial charge in [-0.05, 0) is 25.0 Å². The Morgan fingerprint density at radius 1 is 1.32 bits per heavy atom. The maximum atomic E-state index is 12.2. The minimum atomic E-state index is -0.468. The third-order valence-electron chi connectivity index (χ3n) is 4.36. The Labute approximate surface area is 146 Å². The molecule has 132 valence electrons. The van der Waals surface area contributed by atoms with Crippen molar-refractivity contribution in [2.45, 2.75) is 12.8 Å². The second-order valence-electron chi connectivity index (χ2n) is 6.09. The number of carbonyl (C=O) groups excluding carboxylic acids is 2. The topological polar surface area (TPSA) is 97.6 Å². The summed E-state index contributed by atoms with van der Waals surface area (Å²) in [6, 6.07) is 9.15. The fraction of sp³-hybridized carbons (Fsp3) is 0.389. The Morgan fingerprint density at radius 3 is 3.00 bits per heavy atom. The largest absolute Gasteiger partial charge is 0.489 e. The number of nitrogens with two attached hydrogens (primary N) is 1. The first kappa shape index (κ1) is 17.0. The summed E-state index contributed by atoms with van der Waals surface area (Å²) >= 11 is 0. The van der Waals surface area contributed by atoms with Crippen molar-refractivity contribution in [1.29, 1.82) is 0 Å². The maximum Gasteiger partial charge on any atom is 0.314 e. The summed E-state index contributed by atoms with van der Waals surface area (Å²) in [6.07, 6.45) is 3.29. The standard InChI is InChI=1S/C18H22N4O3/c19-18(24)22-10-3-6-14(12-22)17(23)21-9-11-25-15-7-1-4-13-5-2-8-20-16(13)15/h1-2,4-5,7-8,14H,3,6,9-12H2,(H2,19,24)(H,21,23)/t14-/m0/s1. The highest BCUT2D eigenvalue weighted by atomic mass is 16.5. The van der Waals surface area contributed by atoms with Crippen LogP contribution in [0.3, 0.4) is 0 Å². The normalized spacial score (nSPS) is 17.3. The zero-order chi connectivity index (χ0) is 17.6. The van der Waals surface area contributed by atoms with Crippen molar-refractivity contribution in [2.24, 2.45) is 11.7 Å². The Bertz CT molecular complexity index is 760. The van der Waals surface area contributed by atoms with Crippen molar-refractivity contribution >= 4 is 22.8 Å². The molecule has 3 amide bonds. The highest BCUT2D eigenvalue weighted by molar-refractivity contribution is 5.84. The Balaban J connectivity index is 1.48. The minimum absolute atomic E-state index is 0.0643. The maximum absolute atomic E-state index is 12.2. The summed E-state index contributed by atoms with van der Waals surface area (Å²) in [5.41, 5.74) is 6.10. The molecule has 3 rings (SSSR count). The van der Waals surface area contributed by atoms with Crippen molar-refractivity contribution in [2.75, 3.05) is 26.2 Å². The number of urea groups is 1. The van der Waals surface area contributed by atoms with Crippen LogP contribution >= 0.6 is 0 Å². The van der Waals surface area contributed by atoms with Crippen LogP contribution in [0, 0.1) is 5.92 Å². The molecule has 0 saturated carbocycles. The van der Waals surface area contributed by atoms with Crippen molar-refractivity contribution in [1.82, 2.24) is 15.2 Å². The number of fused-ring (bicyclic) bond motifs is 1. The second-order valence-corrected chi connectivity index (χ2v) is 6.09. The lowest BCUT2D eigenvalue weighted by atomic mass is 9.97. The SMILES string of the molecule is NC(=O)N1CCC[C@H](C(=O)NCCOc2cccc3cccnc23)C1. The lowest BCUT2D eigenvalue weighted by Gasteiger charge is -2.30. The van der Waals surface area contributed by atoms with Gasteiger partial charge in [-0.25, -0.2) is 4.79 Å². The molecule has 1 atom stereocenters. The van der Waals surface area contributed by atoms with Gasteiger partial charge in [0.1, 0.15) is 17.9 Å². The van der Waals surface area contributed by atoms with Crippen molar-refractivity contribution in [3.63, 3.8) is 0 Å². The Kier molecular flexibility index (Phi) is 5.33. The number of rotatable bonds is 5. The molecule has 2 aromatic rings. The van der Waals surface area contributed by atoms with Crippen molar-refractivity contribution in [3.05, 3.63) is 36.5 Å². The third kappa shape index (κ3) is 4.17. The summed E-state index contributed by atoms with van der Waals surface area (Å²) in [5.74, 6) is 0.427. The van der Waals surface area contributed by atoms with Crippen LogP contribution in [0.1, 0.15) is 12.8 Å². The van der Waals surface area contributed by atoms with E-state index in [1.807, 2.05) is 30.3 Å². The highest BCUT2D eigenvalue weighted by Crippen LogP contribution is 2.22. The molecule has 0 radical (unpaired) electrons. The van der Waals surface area contributed by atoms with E-state index in [9.17, 15) is 9.59 Å². The van der Waals surface area contributed by atoms with Crippen LogP contribution in [-0.4, -0.2) is 48.1 Å². The predicted octanol–water partition coefficient (Wildman–Crippen LogP) is 1.52. The number of nitrogens with zero attached hydrogens (tertiary/aromatic N) is 2. The molecule has 7 nitrogen and oxygen atoms in total. The number of aromatic nitrogens is 1. The van der Waals surface area contributed by atoms with Crippen LogP contribution in [0.15, 0.2) is 36.5 Å². The van der Waals surface area contributed by atoms with Gasteiger partial charge in [-0.15, -0.1) is 0 Å². The molecular formula is C18H22N4O3. The second kappa shape index (κ2) is 7.83. The molecule has 0 bridgehead atoms. The first-order chi connectivity index (χ1) is 12.1. The lowest BCUT2D eigenvalue weighted by molar-refractivity contribution is -0.126. The van der Waals surface area contributed by atoms with E-state index in [-0.39, 0.29) is 11.8 Å². The molecule has 2 heterocycles. The summed E-state index contributed by atoms with van der Waals surface area (Å²) in [5, 5.41) is 3.88. The van der Waals surface area contributed by atoms with E-state index < -0.39 is 6.03 Å². The average Bonchev–Trinajstić information content (AvgIpc) is 2.65. The summed E-state index contributed by atoms with van der Waals surface area (Å²) in [7, 11) is 0. The van der Waals surface area contributed by atoms with Crippen LogP contribution in [0.5, 0.6) is 5.75 Å². The van der Waals surface area contributed by atoms with E-state index in [0.29, 0.717) is 32.0 Å². The molecule has 7 heteroatoms. The fourth-order valence-electron chi connectivity index (χ4n) is 3.06. The average molecular weight is 342 g/mol. The van der Waals surface area contributed by atoms with Gasteiger partial charge in [-0.3, -0.25) is 9.78 Å². The molecule has 25 heavy (non-hydrogen) atoms. The number of hydrogen-bond donors (Lipinski definition) is 2. The number of hydrogen-bond acceptors (Lipinski definition) is 4. The molecule has 0 unspecified atom stereocenters. The Morgan fingerprint density at radius 2 is 2.16 bits per heavy atom. The number of carbonyl (C=O) groups is 2. The van der Waals surface area contributed by atoms with E-state index in [0.717, 1.165) is 23.7 Å². The first-order valence-corrected chi connectivity index (χ1v) is 8.44. The quantitative estimate of drug-likeness (QED) is 0.805. The van der Waals surface area contributed by atoms with E-state index >= 15 is 0 Å². The van der Waals surface area contributed by atoms with E-state index in [1.165, 1.54) is 4.90 Å². The number of primary amides is 1. The third-order valence-corrected chi connectivity index (χ3v) is 4.36. The van der Waals surface area contributed by atoms with Gasteiger partial charge in [-0.1, -0.05) is 18.2 Å². The summed E-state index contributed by atoms with van der Waals surface area (Å²) in [4.78, 5) is 29.3. The van der Waals surface area contributed by atoms with Crippen molar-refractivity contribution < 1.29 is 14.3 Å². The number of piperidine rings is 1. The Hall–Kier alpha value is -2.83. The van der Waals surface area contributed by atoms with Gasteiger partial charge in [0.05, 0.1) is 12.5 Å². The van der Waals surface area contributed by atoms with E-state index in [4.69, 9.17) is 10.5 Å². The summed E-state index contributed by atoms with van der Waals surface area (Å²) in [6.45, 7) is 1.76. The smallest absolute Gasteiger partial charge is 0.314 e. The first-order valence-electron chi connectivity index (χ1n) is 8.44. The summed E-state index contributed by atoms with van der Waals surface area (Å²) < 4.78 is 5.75. The van der Waals surface area contributed by atoms with Gasteiger partial charge >= 0.3 is 6.03 Å². The number of amides is 3. The molecule has 3 N–H and O–H groups in total. The molecule has 1 aliphatic heterocycles. The number of likely N-dealkylation sites (tertiary alicyclic amines) is 1. The number of nitrogens with one attached hydrogen (secondary N) is 1. The van der Waals surface area contributed by atoms with Crippen molar-refractivity contribution in [3.8, 4) is 5.75 Å². The minimum Gasteiger partial charge on any atom is -0.489 e. The molecule has 1 aromatic carbocycles. The van der Waals surface area contributed by atoms with Crippen LogP contribution in [0.2, 0.25) is 0 Å². The van der Waals surface area contributed by atoms with Gasteiger partial charge < -0.3 is 20.7 Å².